The molecule has 0 aromatic rings. The number of hydrogen-bond acceptors (Lipinski definition) is 3. The molecule has 0 spiro atoms. The molecule has 1 aliphatic rings. The quantitative estimate of drug-likeness (QED) is 0.623. The number of piperidine rings is 1. The van der Waals surface area contributed by atoms with Crippen LogP contribution in [0.25, 0.3) is 0 Å². The molecule has 0 aliphatic carbocycles. The van der Waals surface area contributed by atoms with E-state index in [1.54, 1.807) is 0 Å². The second-order valence-corrected chi connectivity index (χ2v) is 3.62. The van der Waals surface area contributed by atoms with Crippen molar-refractivity contribution in [3.63, 3.8) is 0 Å². The molecule has 1 atom stereocenters. The van der Waals surface area contributed by atoms with Gasteiger partial charge in [0, 0.05) is 6.04 Å². The van der Waals surface area contributed by atoms with E-state index >= 15 is 0 Å². The van der Waals surface area contributed by atoms with E-state index in [0.29, 0.717) is 19.2 Å². The first kappa shape index (κ1) is 10.5. The lowest BCUT2D eigenvalue weighted by atomic mass is 10.0. The molecule has 0 aromatic heterocycles. The minimum atomic E-state index is -0.0868. The first-order chi connectivity index (χ1) is 6.24. The summed E-state index contributed by atoms with van der Waals surface area (Å²) in [6.45, 7) is 6.02. The second kappa shape index (κ2) is 5.22. The topological polar surface area (TPSA) is 29.5 Å². The Hall–Kier alpha value is -0.570. The number of esters is 1. The van der Waals surface area contributed by atoms with Crippen LogP contribution in [-0.2, 0) is 9.53 Å². The van der Waals surface area contributed by atoms with Crippen molar-refractivity contribution in [2.75, 3.05) is 19.7 Å². The number of carbonyl (C=O) groups is 1. The van der Waals surface area contributed by atoms with E-state index < -0.39 is 0 Å². The number of rotatable bonds is 3. The summed E-state index contributed by atoms with van der Waals surface area (Å²) in [4.78, 5) is 13.4. The smallest absolute Gasteiger partial charge is 0.320 e. The van der Waals surface area contributed by atoms with Crippen molar-refractivity contribution in [3.05, 3.63) is 0 Å². The highest BCUT2D eigenvalue weighted by Gasteiger charge is 2.20. The summed E-state index contributed by atoms with van der Waals surface area (Å²) in [6, 6.07) is 0.540. The molecule has 0 aromatic carbocycles. The van der Waals surface area contributed by atoms with Gasteiger partial charge >= 0.3 is 5.97 Å². The highest BCUT2D eigenvalue weighted by Crippen LogP contribution is 2.15. The summed E-state index contributed by atoms with van der Waals surface area (Å²) in [5, 5.41) is 0. The van der Waals surface area contributed by atoms with Gasteiger partial charge in [0.1, 0.15) is 0 Å². The van der Waals surface area contributed by atoms with Gasteiger partial charge in [0.05, 0.1) is 13.2 Å². The Balaban J connectivity index is 2.29. The molecular weight excluding hydrogens is 166 g/mol. The molecule has 3 heteroatoms. The van der Waals surface area contributed by atoms with Crippen LogP contribution in [0.15, 0.2) is 0 Å². The van der Waals surface area contributed by atoms with Crippen LogP contribution < -0.4 is 0 Å². The molecule has 1 rings (SSSR count). The Morgan fingerprint density at radius 1 is 1.54 bits per heavy atom. The lowest BCUT2D eigenvalue weighted by Crippen LogP contribution is -2.41. The van der Waals surface area contributed by atoms with Crippen molar-refractivity contribution in [1.82, 2.24) is 4.90 Å². The third-order valence-corrected chi connectivity index (χ3v) is 2.58. The molecule has 1 saturated heterocycles. The molecule has 0 radical (unpaired) electrons. The third-order valence-electron chi connectivity index (χ3n) is 2.58. The fourth-order valence-electron chi connectivity index (χ4n) is 1.76. The van der Waals surface area contributed by atoms with Crippen LogP contribution in [0.5, 0.6) is 0 Å². The van der Waals surface area contributed by atoms with E-state index in [9.17, 15) is 4.79 Å². The van der Waals surface area contributed by atoms with E-state index in [2.05, 4.69) is 11.8 Å². The predicted octanol–water partition coefficient (Wildman–Crippen LogP) is 1.42. The van der Waals surface area contributed by atoms with E-state index in [4.69, 9.17) is 4.74 Å². The zero-order valence-corrected chi connectivity index (χ0v) is 8.58. The average Bonchev–Trinajstić information content (AvgIpc) is 2.09. The maximum absolute atomic E-state index is 11.2. The largest absolute Gasteiger partial charge is 0.465 e. The lowest BCUT2D eigenvalue weighted by Gasteiger charge is -2.32. The van der Waals surface area contributed by atoms with Gasteiger partial charge in [-0.05, 0) is 33.2 Å². The molecule has 1 fully saturated rings. The van der Waals surface area contributed by atoms with Gasteiger partial charge in [-0.15, -0.1) is 0 Å². The average molecular weight is 185 g/mol. The normalized spacial score (nSPS) is 24.3. The number of ether oxygens (including phenoxy) is 1. The first-order valence-corrected chi connectivity index (χ1v) is 5.13. The third kappa shape index (κ3) is 3.35. The van der Waals surface area contributed by atoms with Crippen LogP contribution in [0, 0.1) is 0 Å². The fourth-order valence-corrected chi connectivity index (χ4v) is 1.76. The molecule has 0 saturated carbocycles. The zero-order valence-electron chi connectivity index (χ0n) is 8.58. The van der Waals surface area contributed by atoms with Gasteiger partial charge < -0.3 is 4.74 Å². The van der Waals surface area contributed by atoms with Crippen LogP contribution in [0.1, 0.15) is 33.1 Å². The number of hydrogen-bond donors (Lipinski definition) is 0. The highest BCUT2D eigenvalue weighted by atomic mass is 16.5. The number of carbonyl (C=O) groups excluding carboxylic acids is 1. The summed E-state index contributed by atoms with van der Waals surface area (Å²) in [6.07, 6.45) is 3.71. The number of nitrogens with zero attached hydrogens (tertiary/aromatic N) is 1. The summed E-state index contributed by atoms with van der Waals surface area (Å²) in [5.74, 6) is -0.0868. The standard InChI is InChI=1S/C10H19NO2/c1-3-13-10(12)8-11-7-5-4-6-9(11)2/h9H,3-8H2,1-2H3/t9-/m1/s1. The Kier molecular flexibility index (Phi) is 4.22. The van der Waals surface area contributed by atoms with E-state index in [1.807, 2.05) is 6.92 Å². The summed E-state index contributed by atoms with van der Waals surface area (Å²) in [5.41, 5.74) is 0. The molecule has 1 aliphatic heterocycles. The van der Waals surface area contributed by atoms with Gasteiger partial charge in [-0.2, -0.15) is 0 Å². The van der Waals surface area contributed by atoms with E-state index in [0.717, 1.165) is 6.54 Å². The van der Waals surface area contributed by atoms with Gasteiger partial charge in [-0.1, -0.05) is 6.42 Å². The molecule has 0 bridgehead atoms. The second-order valence-electron chi connectivity index (χ2n) is 3.62. The van der Waals surface area contributed by atoms with Crippen molar-refractivity contribution in [2.24, 2.45) is 0 Å². The summed E-state index contributed by atoms with van der Waals surface area (Å²) in [7, 11) is 0. The molecular formula is C10H19NO2. The summed E-state index contributed by atoms with van der Waals surface area (Å²) >= 11 is 0. The minimum Gasteiger partial charge on any atom is -0.465 e. The van der Waals surface area contributed by atoms with Crippen molar-refractivity contribution in [3.8, 4) is 0 Å². The Morgan fingerprint density at radius 2 is 2.31 bits per heavy atom. The van der Waals surface area contributed by atoms with Crippen LogP contribution in [0.3, 0.4) is 0 Å². The first-order valence-electron chi connectivity index (χ1n) is 5.13. The van der Waals surface area contributed by atoms with Gasteiger partial charge in [-0.25, -0.2) is 0 Å². The predicted molar refractivity (Wildman–Crippen MR) is 51.5 cm³/mol. The van der Waals surface area contributed by atoms with Crippen LogP contribution in [-0.4, -0.2) is 36.6 Å². The van der Waals surface area contributed by atoms with Crippen molar-refractivity contribution in [1.29, 1.82) is 0 Å². The van der Waals surface area contributed by atoms with Crippen LogP contribution in [0.4, 0.5) is 0 Å². The maximum atomic E-state index is 11.2. The van der Waals surface area contributed by atoms with Gasteiger partial charge in [0.25, 0.3) is 0 Å². The van der Waals surface area contributed by atoms with Gasteiger partial charge in [-0.3, -0.25) is 9.69 Å². The maximum Gasteiger partial charge on any atom is 0.320 e. The monoisotopic (exact) mass is 185 g/mol. The van der Waals surface area contributed by atoms with Crippen molar-refractivity contribution in [2.45, 2.75) is 39.2 Å². The number of likely N-dealkylation sites (tertiary alicyclic amines) is 1. The zero-order chi connectivity index (χ0) is 9.68. The van der Waals surface area contributed by atoms with Gasteiger partial charge in [0.2, 0.25) is 0 Å². The molecule has 76 valence electrons. The molecule has 1 heterocycles. The van der Waals surface area contributed by atoms with Crippen molar-refractivity contribution < 1.29 is 9.53 Å². The SMILES string of the molecule is CCOC(=O)CN1CCCC[C@H]1C. The molecule has 3 nitrogen and oxygen atoms in total. The molecule has 0 amide bonds. The summed E-state index contributed by atoms with van der Waals surface area (Å²) < 4.78 is 4.91. The van der Waals surface area contributed by atoms with E-state index in [1.165, 1.54) is 19.3 Å². The highest BCUT2D eigenvalue weighted by molar-refractivity contribution is 5.71. The minimum absolute atomic E-state index is 0.0868. The Labute approximate surface area is 80.1 Å². The van der Waals surface area contributed by atoms with Crippen LogP contribution in [0.2, 0.25) is 0 Å². The Bertz CT molecular complexity index is 170. The lowest BCUT2D eigenvalue weighted by molar-refractivity contribution is -0.145. The van der Waals surface area contributed by atoms with Gasteiger partial charge in [0.15, 0.2) is 0 Å². The van der Waals surface area contributed by atoms with E-state index in [-0.39, 0.29) is 5.97 Å². The Morgan fingerprint density at radius 3 is 2.92 bits per heavy atom. The van der Waals surface area contributed by atoms with Crippen molar-refractivity contribution >= 4 is 5.97 Å². The fraction of sp³-hybridized carbons (Fsp3) is 0.900. The van der Waals surface area contributed by atoms with Crippen LogP contribution >= 0.6 is 0 Å². The molecule has 13 heavy (non-hydrogen) atoms. The molecule has 0 unspecified atom stereocenters. The molecule has 0 N–H and O–H groups in total.